The van der Waals surface area contributed by atoms with Crippen LogP contribution in [0, 0.1) is 5.41 Å². The molecule has 2 heteroatoms. The quantitative estimate of drug-likeness (QED) is 0.370. The SMILES string of the molecule is CC(C)(CCO)CC/C=C/CCC=O. The van der Waals surface area contributed by atoms with Crippen molar-refractivity contribution in [2.75, 3.05) is 6.61 Å². The monoisotopic (exact) mass is 198 g/mol. The van der Waals surface area contributed by atoms with Crippen LogP contribution in [0.3, 0.4) is 0 Å². The Morgan fingerprint density at radius 1 is 1.07 bits per heavy atom. The second kappa shape index (κ2) is 7.74. The molecule has 14 heavy (non-hydrogen) atoms. The molecule has 0 aromatic rings. The highest BCUT2D eigenvalue weighted by molar-refractivity contribution is 5.49. The molecule has 0 heterocycles. The number of aliphatic hydroxyl groups excluding tert-OH is 1. The van der Waals surface area contributed by atoms with E-state index < -0.39 is 0 Å². The number of aldehydes is 1. The Morgan fingerprint density at radius 2 is 1.71 bits per heavy atom. The lowest BCUT2D eigenvalue weighted by atomic mass is 9.85. The van der Waals surface area contributed by atoms with Gasteiger partial charge in [0, 0.05) is 13.0 Å². The van der Waals surface area contributed by atoms with Gasteiger partial charge in [0.05, 0.1) is 0 Å². The number of unbranched alkanes of at least 4 members (excludes halogenated alkanes) is 1. The molecule has 0 saturated carbocycles. The van der Waals surface area contributed by atoms with Crippen molar-refractivity contribution in [3.63, 3.8) is 0 Å². The minimum absolute atomic E-state index is 0.226. The molecule has 0 spiro atoms. The lowest BCUT2D eigenvalue weighted by Gasteiger charge is -2.22. The summed E-state index contributed by atoms with van der Waals surface area (Å²) < 4.78 is 0. The molecule has 0 unspecified atom stereocenters. The highest BCUT2D eigenvalue weighted by Gasteiger charge is 2.15. The molecule has 0 aliphatic carbocycles. The summed E-state index contributed by atoms with van der Waals surface area (Å²) in [5.74, 6) is 0. The zero-order valence-corrected chi connectivity index (χ0v) is 9.33. The smallest absolute Gasteiger partial charge is 0.120 e. The third kappa shape index (κ3) is 7.99. The Balaban J connectivity index is 3.51. The predicted octanol–water partition coefficient (Wildman–Crippen LogP) is 2.71. The second-order valence-electron chi connectivity index (χ2n) is 4.39. The Morgan fingerprint density at radius 3 is 2.29 bits per heavy atom. The van der Waals surface area contributed by atoms with Gasteiger partial charge in [-0.3, -0.25) is 0 Å². The van der Waals surface area contributed by atoms with Crippen molar-refractivity contribution in [2.45, 2.75) is 46.0 Å². The first-order valence-corrected chi connectivity index (χ1v) is 5.32. The molecule has 0 fully saturated rings. The highest BCUT2D eigenvalue weighted by Crippen LogP contribution is 2.26. The van der Waals surface area contributed by atoms with Crippen LogP contribution in [-0.4, -0.2) is 18.0 Å². The summed E-state index contributed by atoms with van der Waals surface area (Å²) in [7, 11) is 0. The van der Waals surface area contributed by atoms with Crippen LogP contribution in [0.2, 0.25) is 0 Å². The van der Waals surface area contributed by atoms with Crippen LogP contribution in [0.5, 0.6) is 0 Å². The van der Waals surface area contributed by atoms with Gasteiger partial charge in [-0.25, -0.2) is 0 Å². The van der Waals surface area contributed by atoms with Crippen LogP contribution in [0.4, 0.5) is 0 Å². The Bertz CT molecular complexity index is 171. The molecule has 0 rings (SSSR count). The van der Waals surface area contributed by atoms with E-state index in [1.807, 2.05) is 0 Å². The summed E-state index contributed by atoms with van der Waals surface area (Å²) in [5, 5.41) is 8.82. The van der Waals surface area contributed by atoms with Gasteiger partial charge in [-0.15, -0.1) is 0 Å². The minimum Gasteiger partial charge on any atom is -0.396 e. The van der Waals surface area contributed by atoms with Crippen LogP contribution < -0.4 is 0 Å². The topological polar surface area (TPSA) is 37.3 Å². The third-order valence-corrected chi connectivity index (χ3v) is 2.39. The fourth-order valence-corrected chi connectivity index (χ4v) is 1.30. The first-order valence-electron chi connectivity index (χ1n) is 5.32. The maximum absolute atomic E-state index is 10.0. The molecule has 0 saturated heterocycles. The molecule has 2 nitrogen and oxygen atoms in total. The molecule has 0 atom stereocenters. The zero-order chi connectivity index (χ0) is 10.9. The van der Waals surface area contributed by atoms with Gasteiger partial charge in [-0.1, -0.05) is 26.0 Å². The van der Waals surface area contributed by atoms with Gasteiger partial charge in [0.2, 0.25) is 0 Å². The predicted molar refractivity (Wildman–Crippen MR) is 59.2 cm³/mol. The van der Waals surface area contributed by atoms with Gasteiger partial charge in [0.1, 0.15) is 6.29 Å². The van der Waals surface area contributed by atoms with Gasteiger partial charge in [0.15, 0.2) is 0 Å². The number of carbonyl (C=O) groups is 1. The number of hydrogen-bond donors (Lipinski definition) is 1. The first-order chi connectivity index (χ1) is 6.62. The van der Waals surface area contributed by atoms with Crippen molar-refractivity contribution in [3.8, 4) is 0 Å². The molecule has 0 aromatic carbocycles. The van der Waals surface area contributed by atoms with Crippen LogP contribution in [-0.2, 0) is 4.79 Å². The number of rotatable bonds is 8. The van der Waals surface area contributed by atoms with Crippen LogP contribution >= 0.6 is 0 Å². The molecule has 0 aliphatic heterocycles. The highest BCUT2D eigenvalue weighted by atomic mass is 16.3. The third-order valence-electron chi connectivity index (χ3n) is 2.39. The van der Waals surface area contributed by atoms with Crippen molar-refractivity contribution in [1.29, 1.82) is 0 Å². The van der Waals surface area contributed by atoms with Crippen molar-refractivity contribution in [3.05, 3.63) is 12.2 Å². The standard InChI is InChI=1S/C12H22O2/c1-12(2,9-11-14)8-6-4-3-5-7-10-13/h3-4,10,14H,5-9,11H2,1-2H3/b4-3+. The van der Waals surface area contributed by atoms with Gasteiger partial charge >= 0.3 is 0 Å². The maximum Gasteiger partial charge on any atom is 0.120 e. The van der Waals surface area contributed by atoms with E-state index in [0.717, 1.165) is 32.0 Å². The second-order valence-corrected chi connectivity index (χ2v) is 4.39. The van der Waals surface area contributed by atoms with E-state index in [9.17, 15) is 4.79 Å². The molecule has 1 N–H and O–H groups in total. The summed E-state index contributed by atoms with van der Waals surface area (Å²) >= 11 is 0. The summed E-state index contributed by atoms with van der Waals surface area (Å²) in [6, 6.07) is 0. The van der Waals surface area contributed by atoms with Crippen molar-refractivity contribution >= 4 is 6.29 Å². The Kier molecular flexibility index (Phi) is 7.40. The van der Waals surface area contributed by atoms with E-state index in [1.54, 1.807) is 0 Å². The fourth-order valence-electron chi connectivity index (χ4n) is 1.30. The summed E-state index contributed by atoms with van der Waals surface area (Å²) in [6.07, 6.45) is 9.58. The number of allylic oxidation sites excluding steroid dienone is 2. The van der Waals surface area contributed by atoms with Crippen molar-refractivity contribution in [1.82, 2.24) is 0 Å². The van der Waals surface area contributed by atoms with E-state index in [0.29, 0.717) is 6.42 Å². The molecule has 0 bridgehead atoms. The van der Waals surface area contributed by atoms with E-state index >= 15 is 0 Å². The number of aliphatic hydroxyl groups is 1. The summed E-state index contributed by atoms with van der Waals surface area (Å²) in [5.41, 5.74) is 0.226. The lowest BCUT2D eigenvalue weighted by molar-refractivity contribution is -0.107. The average Bonchev–Trinajstić information content (AvgIpc) is 2.11. The van der Waals surface area contributed by atoms with Gasteiger partial charge in [0.25, 0.3) is 0 Å². The van der Waals surface area contributed by atoms with Crippen LogP contribution in [0.1, 0.15) is 46.0 Å². The molecule has 0 aliphatic rings. The molecule has 82 valence electrons. The lowest BCUT2D eigenvalue weighted by Crippen LogP contribution is -2.12. The molecule has 0 radical (unpaired) electrons. The molecular formula is C12H22O2. The van der Waals surface area contributed by atoms with E-state index in [2.05, 4.69) is 26.0 Å². The first kappa shape index (κ1) is 13.4. The normalized spacial score (nSPS) is 12.2. The molecule has 0 aromatic heterocycles. The van der Waals surface area contributed by atoms with E-state index in [4.69, 9.17) is 5.11 Å². The van der Waals surface area contributed by atoms with Crippen molar-refractivity contribution in [2.24, 2.45) is 5.41 Å². The fraction of sp³-hybridized carbons (Fsp3) is 0.750. The van der Waals surface area contributed by atoms with Crippen LogP contribution in [0.15, 0.2) is 12.2 Å². The van der Waals surface area contributed by atoms with Gasteiger partial charge in [-0.05, 0) is 31.1 Å². The molecular weight excluding hydrogens is 176 g/mol. The Labute approximate surface area is 87.0 Å². The average molecular weight is 198 g/mol. The van der Waals surface area contributed by atoms with Crippen LogP contribution in [0.25, 0.3) is 0 Å². The summed E-state index contributed by atoms with van der Waals surface area (Å²) in [6.45, 7) is 4.60. The summed E-state index contributed by atoms with van der Waals surface area (Å²) in [4.78, 5) is 10.0. The molecule has 0 amide bonds. The zero-order valence-electron chi connectivity index (χ0n) is 9.33. The van der Waals surface area contributed by atoms with E-state index in [1.165, 1.54) is 0 Å². The van der Waals surface area contributed by atoms with Gasteiger partial charge in [-0.2, -0.15) is 0 Å². The van der Waals surface area contributed by atoms with Crippen molar-refractivity contribution < 1.29 is 9.90 Å². The minimum atomic E-state index is 0.226. The maximum atomic E-state index is 10.0. The van der Waals surface area contributed by atoms with E-state index in [-0.39, 0.29) is 12.0 Å². The van der Waals surface area contributed by atoms with Gasteiger partial charge < -0.3 is 9.90 Å². The number of carbonyl (C=O) groups excluding carboxylic acids is 1. The number of hydrogen-bond acceptors (Lipinski definition) is 2. The largest absolute Gasteiger partial charge is 0.396 e. The Hall–Kier alpha value is -0.630.